The van der Waals surface area contributed by atoms with E-state index in [9.17, 15) is 8.78 Å². The van der Waals surface area contributed by atoms with Crippen LogP contribution in [0.5, 0.6) is 0 Å². The summed E-state index contributed by atoms with van der Waals surface area (Å²) in [6, 6.07) is 5.31. The highest BCUT2D eigenvalue weighted by molar-refractivity contribution is 5.29. The van der Waals surface area contributed by atoms with Gasteiger partial charge >= 0.3 is 0 Å². The molecule has 6 heteroatoms. The zero-order chi connectivity index (χ0) is 17.0. The molecule has 1 aromatic carbocycles. The van der Waals surface area contributed by atoms with Crippen molar-refractivity contribution in [1.29, 1.82) is 0 Å². The van der Waals surface area contributed by atoms with Crippen LogP contribution in [0.3, 0.4) is 0 Å². The number of nitrogens with zero attached hydrogens (tertiary/aromatic N) is 3. The first-order chi connectivity index (χ1) is 12.2. The van der Waals surface area contributed by atoms with Crippen LogP contribution in [0.25, 0.3) is 0 Å². The summed E-state index contributed by atoms with van der Waals surface area (Å²) in [5.74, 6) is -0.736. The van der Waals surface area contributed by atoms with Gasteiger partial charge < -0.3 is 4.98 Å². The van der Waals surface area contributed by atoms with Crippen LogP contribution in [0, 0.1) is 17.6 Å². The zero-order valence-corrected chi connectivity index (χ0v) is 14.0. The van der Waals surface area contributed by atoms with Crippen LogP contribution in [-0.2, 0) is 6.54 Å². The monoisotopic (exact) mass is 344 g/mol. The molecule has 3 atom stereocenters. The van der Waals surface area contributed by atoms with E-state index in [0.717, 1.165) is 31.9 Å². The number of hydrogen-bond acceptors (Lipinski definition) is 3. The highest BCUT2D eigenvalue weighted by Crippen LogP contribution is 2.47. The van der Waals surface area contributed by atoms with Gasteiger partial charge in [-0.15, -0.1) is 0 Å². The largest absolute Gasteiger partial charge is 0.347 e. The number of likely N-dealkylation sites (tertiary alicyclic amines) is 1. The normalized spacial score (nSPS) is 34.4. The average molecular weight is 344 g/mol. The average Bonchev–Trinajstić information content (AvgIpc) is 3.28. The second-order valence-corrected chi connectivity index (χ2v) is 7.61. The van der Waals surface area contributed by atoms with Crippen LogP contribution in [0.4, 0.5) is 8.78 Å². The number of H-pyrrole nitrogens is 1. The molecule has 0 unspecified atom stereocenters. The Bertz CT molecular complexity index is 755. The third-order valence-corrected chi connectivity index (χ3v) is 6.40. The number of aromatic nitrogens is 2. The molecule has 6 rings (SSSR count). The second kappa shape index (κ2) is 5.88. The summed E-state index contributed by atoms with van der Waals surface area (Å²) in [6.45, 7) is 3.72. The lowest BCUT2D eigenvalue weighted by Gasteiger charge is -2.51. The van der Waals surface area contributed by atoms with Crippen molar-refractivity contribution in [2.24, 2.45) is 5.92 Å². The summed E-state index contributed by atoms with van der Waals surface area (Å²) in [5.41, 5.74) is 1.62. The SMILES string of the molecule is Fc1cccc([C@@H]2CN(Cc3cnc[nH]3)[C@H]3C4CCN(CC4)[C@@H]23)c1F. The van der Waals surface area contributed by atoms with E-state index in [4.69, 9.17) is 0 Å². The quantitative estimate of drug-likeness (QED) is 0.930. The predicted molar refractivity (Wildman–Crippen MR) is 90.0 cm³/mol. The minimum absolute atomic E-state index is 0.0201. The molecule has 4 aliphatic rings. The van der Waals surface area contributed by atoms with Gasteiger partial charge in [0.1, 0.15) is 0 Å². The van der Waals surface area contributed by atoms with E-state index in [0.29, 0.717) is 17.5 Å². The number of piperidine rings is 3. The van der Waals surface area contributed by atoms with E-state index < -0.39 is 11.6 Å². The maximum absolute atomic E-state index is 14.5. The molecule has 4 nitrogen and oxygen atoms in total. The number of imidazole rings is 1. The molecule has 1 N–H and O–H groups in total. The van der Waals surface area contributed by atoms with E-state index in [1.165, 1.54) is 18.9 Å². The molecule has 2 bridgehead atoms. The first kappa shape index (κ1) is 15.5. The van der Waals surface area contributed by atoms with Crippen LogP contribution in [0.1, 0.15) is 30.0 Å². The standard InChI is InChI=1S/C19H22F2N4/c20-16-3-1-2-14(17(16)21)15-10-25(9-13-8-22-11-23-13)18-12-4-6-24(7-5-12)19(15)18/h1-3,8,11-12,15,18-19H,4-7,9-10H2,(H,22,23)/t15-,18-,19-/m0/s1. The molecule has 0 amide bonds. The van der Waals surface area contributed by atoms with Crippen LogP contribution >= 0.6 is 0 Å². The van der Waals surface area contributed by atoms with Crippen molar-refractivity contribution in [3.63, 3.8) is 0 Å². The van der Waals surface area contributed by atoms with Crippen molar-refractivity contribution in [3.05, 3.63) is 53.6 Å². The molecule has 2 aromatic rings. The van der Waals surface area contributed by atoms with E-state index in [1.807, 2.05) is 6.20 Å². The van der Waals surface area contributed by atoms with Gasteiger partial charge in [-0.05, 0) is 43.5 Å². The summed E-state index contributed by atoms with van der Waals surface area (Å²) >= 11 is 0. The van der Waals surface area contributed by atoms with Gasteiger partial charge in [0.25, 0.3) is 0 Å². The van der Waals surface area contributed by atoms with Crippen molar-refractivity contribution < 1.29 is 8.78 Å². The van der Waals surface area contributed by atoms with E-state index in [2.05, 4.69) is 19.8 Å². The molecule has 4 saturated heterocycles. The summed E-state index contributed by atoms with van der Waals surface area (Å²) in [4.78, 5) is 12.3. The summed E-state index contributed by atoms with van der Waals surface area (Å²) < 4.78 is 28.4. The van der Waals surface area contributed by atoms with E-state index in [1.54, 1.807) is 18.5 Å². The van der Waals surface area contributed by atoms with Crippen molar-refractivity contribution >= 4 is 0 Å². The van der Waals surface area contributed by atoms with Crippen LogP contribution in [0.15, 0.2) is 30.7 Å². The number of rotatable bonds is 3. The van der Waals surface area contributed by atoms with Gasteiger partial charge in [-0.25, -0.2) is 13.8 Å². The van der Waals surface area contributed by atoms with Crippen molar-refractivity contribution in [1.82, 2.24) is 19.8 Å². The Kier molecular flexibility index (Phi) is 3.64. The lowest BCUT2D eigenvalue weighted by molar-refractivity contribution is -0.00914. The van der Waals surface area contributed by atoms with Crippen LogP contribution in [0.2, 0.25) is 0 Å². The molecular weight excluding hydrogens is 322 g/mol. The van der Waals surface area contributed by atoms with Crippen molar-refractivity contribution in [2.45, 2.75) is 37.4 Å². The number of fused-ring (bicyclic) bond motifs is 2. The lowest BCUT2D eigenvalue weighted by atomic mass is 9.75. The van der Waals surface area contributed by atoms with Gasteiger partial charge in [-0.3, -0.25) is 9.80 Å². The van der Waals surface area contributed by atoms with Gasteiger partial charge in [-0.1, -0.05) is 12.1 Å². The van der Waals surface area contributed by atoms with Crippen molar-refractivity contribution in [2.75, 3.05) is 19.6 Å². The fourth-order valence-corrected chi connectivity index (χ4v) is 5.39. The predicted octanol–water partition coefficient (Wildman–Crippen LogP) is 2.75. The smallest absolute Gasteiger partial charge is 0.162 e. The summed E-state index contributed by atoms with van der Waals surface area (Å²) in [7, 11) is 0. The Balaban J connectivity index is 1.52. The molecule has 4 aliphatic heterocycles. The van der Waals surface area contributed by atoms with E-state index in [-0.39, 0.29) is 12.0 Å². The first-order valence-electron chi connectivity index (χ1n) is 9.11. The molecule has 0 aliphatic carbocycles. The van der Waals surface area contributed by atoms with Gasteiger partial charge in [0, 0.05) is 43.0 Å². The Morgan fingerprint density at radius 1 is 1.16 bits per heavy atom. The minimum Gasteiger partial charge on any atom is -0.347 e. The molecule has 5 heterocycles. The number of aromatic amines is 1. The van der Waals surface area contributed by atoms with Crippen LogP contribution in [-0.4, -0.2) is 51.5 Å². The Labute approximate surface area is 145 Å². The van der Waals surface area contributed by atoms with Gasteiger partial charge in [0.2, 0.25) is 0 Å². The highest BCUT2D eigenvalue weighted by Gasteiger charge is 2.53. The number of benzene rings is 1. The molecular formula is C19H22F2N4. The van der Waals surface area contributed by atoms with Gasteiger partial charge in [0.05, 0.1) is 6.33 Å². The Morgan fingerprint density at radius 3 is 2.76 bits per heavy atom. The molecule has 25 heavy (non-hydrogen) atoms. The Hall–Kier alpha value is -1.79. The molecule has 132 valence electrons. The topological polar surface area (TPSA) is 35.2 Å². The minimum atomic E-state index is -0.739. The number of hydrogen-bond donors (Lipinski definition) is 1. The second-order valence-electron chi connectivity index (χ2n) is 7.61. The summed E-state index contributed by atoms with van der Waals surface area (Å²) in [6.07, 6.45) is 5.97. The molecule has 1 aromatic heterocycles. The van der Waals surface area contributed by atoms with Crippen LogP contribution < -0.4 is 0 Å². The molecule has 0 radical (unpaired) electrons. The molecule has 0 saturated carbocycles. The third kappa shape index (κ3) is 2.42. The van der Waals surface area contributed by atoms with Gasteiger partial charge in [-0.2, -0.15) is 0 Å². The summed E-state index contributed by atoms with van der Waals surface area (Å²) in [5, 5.41) is 0. The first-order valence-corrected chi connectivity index (χ1v) is 9.11. The zero-order valence-electron chi connectivity index (χ0n) is 14.0. The maximum Gasteiger partial charge on any atom is 0.162 e. The fraction of sp³-hybridized carbons (Fsp3) is 0.526. The van der Waals surface area contributed by atoms with E-state index >= 15 is 0 Å². The Morgan fingerprint density at radius 2 is 2.00 bits per heavy atom. The van der Waals surface area contributed by atoms with Crippen molar-refractivity contribution in [3.8, 4) is 0 Å². The number of nitrogens with one attached hydrogen (secondary N) is 1. The molecule has 4 fully saturated rings. The molecule has 0 spiro atoms. The third-order valence-electron chi connectivity index (χ3n) is 6.40. The fourth-order valence-electron chi connectivity index (χ4n) is 5.39. The lowest BCUT2D eigenvalue weighted by Crippen LogP contribution is -2.60. The highest BCUT2D eigenvalue weighted by atomic mass is 19.2. The maximum atomic E-state index is 14.5. The number of halogens is 2. The van der Waals surface area contributed by atoms with Gasteiger partial charge in [0.15, 0.2) is 11.6 Å².